The third-order valence-corrected chi connectivity index (χ3v) is 0.664. The molecule has 47 valence electrons. The quantitative estimate of drug-likeness (QED) is 0.540. The summed E-state index contributed by atoms with van der Waals surface area (Å²) in [6.07, 6.45) is 0.855. The van der Waals surface area contributed by atoms with Gasteiger partial charge in [-0.25, -0.2) is 4.79 Å². The number of urea groups is 1. The molecule has 0 aliphatic heterocycles. The average Bonchev–Trinajstić information content (AvgIpc) is 1.83. The first-order valence-corrected chi connectivity index (χ1v) is 2.61. The van der Waals surface area contributed by atoms with Crippen molar-refractivity contribution in [2.75, 3.05) is 7.05 Å². The summed E-state index contributed by atoms with van der Waals surface area (Å²) in [7, 11) is 1.58. The molecular weight excluding hydrogens is 104 g/mol. The summed E-state index contributed by atoms with van der Waals surface area (Å²) in [4.78, 5) is 10.3. The summed E-state index contributed by atoms with van der Waals surface area (Å²) in [5.74, 6) is 0. The molecule has 2 N–H and O–H groups in total. The van der Waals surface area contributed by atoms with Gasteiger partial charge in [-0.3, -0.25) is 0 Å². The van der Waals surface area contributed by atoms with Gasteiger partial charge in [0.15, 0.2) is 0 Å². The van der Waals surface area contributed by atoms with E-state index in [0.29, 0.717) is 0 Å². The molecule has 0 unspecified atom stereocenters. The van der Waals surface area contributed by atoms with Crippen molar-refractivity contribution in [3.05, 3.63) is 6.54 Å². The molecule has 3 nitrogen and oxygen atoms in total. The van der Waals surface area contributed by atoms with Gasteiger partial charge in [0.1, 0.15) is 0 Å². The lowest BCUT2D eigenvalue weighted by molar-refractivity contribution is 0.245. The second kappa shape index (κ2) is 4.43. The fourth-order valence-electron chi connectivity index (χ4n) is 0.267. The van der Waals surface area contributed by atoms with E-state index in [-0.39, 0.29) is 6.03 Å². The highest BCUT2D eigenvalue weighted by Gasteiger charge is 1.89. The molecule has 0 aromatic rings. The van der Waals surface area contributed by atoms with E-state index in [4.69, 9.17) is 0 Å². The van der Waals surface area contributed by atoms with Crippen molar-refractivity contribution in [3.8, 4) is 0 Å². The predicted molar refractivity (Wildman–Crippen MR) is 32.2 cm³/mol. The van der Waals surface area contributed by atoms with E-state index in [1.165, 1.54) is 0 Å². The van der Waals surface area contributed by atoms with Gasteiger partial charge in [-0.15, -0.1) is 0 Å². The van der Waals surface area contributed by atoms with Gasteiger partial charge in [0.25, 0.3) is 0 Å². The van der Waals surface area contributed by atoms with Gasteiger partial charge in [0.05, 0.1) is 6.54 Å². The van der Waals surface area contributed by atoms with Gasteiger partial charge in [0.2, 0.25) is 0 Å². The molecule has 0 saturated heterocycles. The minimum atomic E-state index is -0.160. The van der Waals surface area contributed by atoms with Gasteiger partial charge in [-0.2, -0.15) is 0 Å². The molecule has 0 bridgehead atoms. The van der Waals surface area contributed by atoms with Crippen LogP contribution in [-0.4, -0.2) is 13.1 Å². The van der Waals surface area contributed by atoms with E-state index >= 15 is 0 Å². The van der Waals surface area contributed by atoms with Gasteiger partial charge in [0, 0.05) is 7.05 Å². The van der Waals surface area contributed by atoms with Crippen LogP contribution in [0.3, 0.4) is 0 Å². The normalized spacial score (nSPS) is 8.25. The zero-order valence-corrected chi connectivity index (χ0v) is 5.19. The zero-order chi connectivity index (χ0) is 6.41. The number of carbonyl (C=O) groups is 1. The Labute approximate surface area is 49.5 Å². The monoisotopic (exact) mass is 115 g/mol. The Hall–Kier alpha value is -0.730. The molecule has 0 saturated carbocycles. The van der Waals surface area contributed by atoms with E-state index in [1.54, 1.807) is 13.6 Å². The SMILES string of the molecule is CC[CH]NC(=O)NC. The third kappa shape index (κ3) is 3.46. The summed E-state index contributed by atoms with van der Waals surface area (Å²) in [5, 5.41) is 4.93. The van der Waals surface area contributed by atoms with Crippen molar-refractivity contribution in [2.45, 2.75) is 13.3 Å². The maximum Gasteiger partial charge on any atom is 0.314 e. The highest BCUT2D eigenvalue weighted by Crippen LogP contribution is 1.75. The Morgan fingerprint density at radius 1 is 1.75 bits per heavy atom. The molecule has 0 heterocycles. The molecule has 0 rings (SSSR count). The summed E-state index contributed by atoms with van der Waals surface area (Å²) < 4.78 is 0. The molecule has 0 fully saturated rings. The maximum atomic E-state index is 10.3. The van der Waals surface area contributed by atoms with Crippen LogP contribution in [0.2, 0.25) is 0 Å². The Bertz CT molecular complexity index is 72.8. The topological polar surface area (TPSA) is 41.1 Å². The van der Waals surface area contributed by atoms with Crippen LogP contribution in [0, 0.1) is 6.54 Å². The maximum absolute atomic E-state index is 10.3. The number of hydrogen-bond acceptors (Lipinski definition) is 1. The van der Waals surface area contributed by atoms with E-state index in [1.807, 2.05) is 6.92 Å². The van der Waals surface area contributed by atoms with Gasteiger partial charge < -0.3 is 10.6 Å². The van der Waals surface area contributed by atoms with Crippen LogP contribution in [0.5, 0.6) is 0 Å². The molecule has 0 atom stereocenters. The average molecular weight is 115 g/mol. The lowest BCUT2D eigenvalue weighted by Gasteiger charge is -1.98. The molecule has 0 spiro atoms. The van der Waals surface area contributed by atoms with Crippen molar-refractivity contribution < 1.29 is 4.79 Å². The molecule has 2 amide bonds. The van der Waals surface area contributed by atoms with Crippen LogP contribution in [0.4, 0.5) is 4.79 Å². The van der Waals surface area contributed by atoms with Crippen molar-refractivity contribution in [1.82, 2.24) is 10.6 Å². The molecule has 0 aromatic heterocycles. The number of rotatable bonds is 2. The fraction of sp³-hybridized carbons (Fsp3) is 0.600. The second-order valence-corrected chi connectivity index (χ2v) is 1.34. The molecule has 3 heteroatoms. The van der Waals surface area contributed by atoms with Gasteiger partial charge >= 0.3 is 6.03 Å². The molecule has 0 aliphatic carbocycles. The highest BCUT2D eigenvalue weighted by atomic mass is 16.2. The Morgan fingerprint density at radius 3 is 2.75 bits per heavy atom. The molecule has 0 aromatic carbocycles. The first-order chi connectivity index (χ1) is 3.81. The summed E-state index contributed by atoms with van der Waals surface area (Å²) in [6, 6.07) is -0.160. The Morgan fingerprint density at radius 2 is 2.38 bits per heavy atom. The second-order valence-electron chi connectivity index (χ2n) is 1.34. The number of hydrogen-bond donors (Lipinski definition) is 2. The Kier molecular flexibility index (Phi) is 4.03. The lowest BCUT2D eigenvalue weighted by Crippen LogP contribution is -2.30. The standard InChI is InChI=1S/C5H11N2O/c1-3-4-7-5(8)6-2/h4H,3H2,1-2H3,(H2,6,7,8). The summed E-state index contributed by atoms with van der Waals surface area (Å²) >= 11 is 0. The van der Waals surface area contributed by atoms with E-state index in [2.05, 4.69) is 10.6 Å². The van der Waals surface area contributed by atoms with Crippen LogP contribution in [0.25, 0.3) is 0 Å². The van der Waals surface area contributed by atoms with Crippen molar-refractivity contribution in [3.63, 3.8) is 0 Å². The van der Waals surface area contributed by atoms with Crippen molar-refractivity contribution >= 4 is 6.03 Å². The van der Waals surface area contributed by atoms with Crippen LogP contribution in [0.1, 0.15) is 13.3 Å². The van der Waals surface area contributed by atoms with E-state index < -0.39 is 0 Å². The van der Waals surface area contributed by atoms with Crippen LogP contribution in [0.15, 0.2) is 0 Å². The highest BCUT2D eigenvalue weighted by molar-refractivity contribution is 5.73. The van der Waals surface area contributed by atoms with Crippen molar-refractivity contribution in [2.24, 2.45) is 0 Å². The predicted octanol–water partition coefficient (Wildman–Crippen LogP) is 0.487. The van der Waals surface area contributed by atoms with E-state index in [0.717, 1.165) is 6.42 Å². The minimum Gasteiger partial charge on any atom is -0.341 e. The first-order valence-electron chi connectivity index (χ1n) is 2.61. The minimum absolute atomic E-state index is 0.160. The molecule has 1 radical (unpaired) electrons. The zero-order valence-electron chi connectivity index (χ0n) is 5.19. The van der Waals surface area contributed by atoms with Crippen LogP contribution >= 0.6 is 0 Å². The first kappa shape index (κ1) is 7.27. The van der Waals surface area contributed by atoms with E-state index in [9.17, 15) is 4.79 Å². The Balaban J connectivity index is 2.99. The van der Waals surface area contributed by atoms with Crippen molar-refractivity contribution in [1.29, 1.82) is 0 Å². The van der Waals surface area contributed by atoms with Crippen LogP contribution in [-0.2, 0) is 0 Å². The molecule has 0 aliphatic rings. The third-order valence-electron chi connectivity index (χ3n) is 0.664. The summed E-state index contributed by atoms with van der Waals surface area (Å²) in [6.45, 7) is 3.65. The lowest BCUT2D eigenvalue weighted by atomic mass is 10.5. The number of carbonyl (C=O) groups excluding carboxylic acids is 1. The fourth-order valence-corrected chi connectivity index (χ4v) is 0.267. The molecule has 8 heavy (non-hydrogen) atoms. The number of nitrogens with one attached hydrogen (secondary N) is 2. The van der Waals surface area contributed by atoms with Gasteiger partial charge in [-0.05, 0) is 6.42 Å². The smallest absolute Gasteiger partial charge is 0.314 e. The largest absolute Gasteiger partial charge is 0.341 e. The summed E-state index contributed by atoms with van der Waals surface area (Å²) in [5.41, 5.74) is 0. The van der Waals surface area contributed by atoms with Crippen LogP contribution < -0.4 is 10.6 Å². The molecular formula is C5H11N2O. The number of amides is 2. The van der Waals surface area contributed by atoms with Gasteiger partial charge in [-0.1, -0.05) is 6.92 Å².